The summed E-state index contributed by atoms with van der Waals surface area (Å²) in [6, 6.07) is -0.0215. The Bertz CT molecular complexity index is 587. The summed E-state index contributed by atoms with van der Waals surface area (Å²) in [5, 5.41) is 14.2. The molecule has 1 aliphatic carbocycles. The number of nitrogens with zero attached hydrogens (tertiary/aromatic N) is 3. The van der Waals surface area contributed by atoms with Crippen LogP contribution in [-0.4, -0.2) is 38.0 Å². The van der Waals surface area contributed by atoms with Gasteiger partial charge in [0, 0.05) is 17.5 Å². The van der Waals surface area contributed by atoms with E-state index in [0.717, 1.165) is 23.8 Å². The SMILES string of the molecule is CC(C)c1nnc(SCC(=O)NC(=O)NC(C)(C)C)n1C1CC1. The van der Waals surface area contributed by atoms with Gasteiger partial charge in [0.05, 0.1) is 5.75 Å². The minimum atomic E-state index is -0.477. The van der Waals surface area contributed by atoms with E-state index in [4.69, 9.17) is 0 Å². The molecule has 1 fully saturated rings. The second-order valence-corrected chi connectivity index (χ2v) is 8.08. The molecule has 128 valence electrons. The van der Waals surface area contributed by atoms with E-state index in [0.29, 0.717) is 12.0 Å². The molecule has 0 radical (unpaired) electrons. The fraction of sp³-hybridized carbons (Fsp3) is 0.733. The van der Waals surface area contributed by atoms with E-state index in [2.05, 4.69) is 39.2 Å². The summed E-state index contributed by atoms with van der Waals surface area (Å²) in [5.41, 5.74) is -0.379. The Morgan fingerprint density at radius 2 is 1.96 bits per heavy atom. The molecule has 1 aromatic rings. The molecule has 7 nitrogen and oxygen atoms in total. The van der Waals surface area contributed by atoms with Gasteiger partial charge in [-0.25, -0.2) is 4.79 Å². The van der Waals surface area contributed by atoms with Crippen molar-refractivity contribution in [1.29, 1.82) is 0 Å². The van der Waals surface area contributed by atoms with E-state index in [1.807, 2.05) is 20.8 Å². The maximum Gasteiger partial charge on any atom is 0.321 e. The van der Waals surface area contributed by atoms with Crippen molar-refractivity contribution in [3.63, 3.8) is 0 Å². The standard InChI is InChI=1S/C15H25N5O2S/c1-9(2)12-18-19-14(20(12)10-6-7-10)23-8-11(21)16-13(22)17-15(3,4)5/h9-10H,6-8H2,1-5H3,(H2,16,17,21,22). The van der Waals surface area contributed by atoms with E-state index in [9.17, 15) is 9.59 Å². The molecular formula is C15H25N5O2S. The molecule has 1 saturated carbocycles. The minimum absolute atomic E-state index is 0.139. The monoisotopic (exact) mass is 339 g/mol. The smallest absolute Gasteiger partial charge is 0.321 e. The van der Waals surface area contributed by atoms with Gasteiger partial charge in [0.15, 0.2) is 5.16 Å². The normalized spacial score (nSPS) is 14.9. The number of hydrogen-bond acceptors (Lipinski definition) is 5. The third kappa shape index (κ3) is 5.23. The summed E-state index contributed by atoms with van der Waals surface area (Å²) in [6.07, 6.45) is 2.26. The number of carbonyl (C=O) groups excluding carboxylic acids is 2. The fourth-order valence-electron chi connectivity index (χ4n) is 2.12. The van der Waals surface area contributed by atoms with Crippen molar-refractivity contribution in [2.45, 2.75) is 70.1 Å². The molecule has 0 unspecified atom stereocenters. The van der Waals surface area contributed by atoms with Crippen LogP contribution in [-0.2, 0) is 4.79 Å². The second kappa shape index (κ2) is 6.90. The van der Waals surface area contributed by atoms with Crippen molar-refractivity contribution in [3.8, 4) is 0 Å². The van der Waals surface area contributed by atoms with Gasteiger partial charge in [0.2, 0.25) is 5.91 Å². The molecule has 0 aromatic carbocycles. The summed E-state index contributed by atoms with van der Waals surface area (Å²) >= 11 is 1.32. The van der Waals surface area contributed by atoms with Crippen molar-refractivity contribution in [2.24, 2.45) is 0 Å². The van der Waals surface area contributed by atoms with Crippen LogP contribution in [0, 0.1) is 0 Å². The van der Waals surface area contributed by atoms with E-state index in [1.165, 1.54) is 11.8 Å². The Balaban J connectivity index is 1.91. The molecule has 3 amide bonds. The lowest BCUT2D eigenvalue weighted by Crippen LogP contribution is -2.48. The van der Waals surface area contributed by atoms with Gasteiger partial charge in [-0.15, -0.1) is 10.2 Å². The number of amides is 3. The first kappa shape index (κ1) is 17.8. The first-order valence-corrected chi connectivity index (χ1v) is 8.85. The third-order valence-electron chi connectivity index (χ3n) is 3.19. The number of thioether (sulfide) groups is 1. The van der Waals surface area contributed by atoms with Crippen LogP contribution in [0.1, 0.15) is 65.2 Å². The number of nitrogens with one attached hydrogen (secondary N) is 2. The average Bonchev–Trinajstić information content (AvgIpc) is 3.13. The maximum absolute atomic E-state index is 11.9. The molecule has 0 bridgehead atoms. The Labute approximate surface area is 141 Å². The second-order valence-electron chi connectivity index (χ2n) is 7.14. The number of urea groups is 1. The first-order chi connectivity index (χ1) is 10.7. The summed E-state index contributed by atoms with van der Waals surface area (Å²) in [5.74, 6) is 1.05. The summed E-state index contributed by atoms with van der Waals surface area (Å²) in [7, 11) is 0. The molecule has 23 heavy (non-hydrogen) atoms. The predicted molar refractivity (Wildman–Crippen MR) is 89.5 cm³/mol. The lowest BCUT2D eigenvalue weighted by atomic mass is 10.1. The van der Waals surface area contributed by atoms with Gasteiger partial charge in [-0.3, -0.25) is 10.1 Å². The predicted octanol–water partition coefficient (Wildman–Crippen LogP) is 2.45. The molecule has 0 saturated heterocycles. The Hall–Kier alpha value is -1.57. The lowest BCUT2D eigenvalue weighted by molar-refractivity contribution is -0.117. The zero-order valence-electron chi connectivity index (χ0n) is 14.3. The maximum atomic E-state index is 11.9. The highest BCUT2D eigenvalue weighted by Crippen LogP contribution is 2.39. The third-order valence-corrected chi connectivity index (χ3v) is 4.14. The fourth-order valence-corrected chi connectivity index (χ4v) is 2.93. The largest absolute Gasteiger partial charge is 0.333 e. The van der Waals surface area contributed by atoms with Crippen LogP contribution in [0.2, 0.25) is 0 Å². The lowest BCUT2D eigenvalue weighted by Gasteiger charge is -2.20. The molecule has 2 N–H and O–H groups in total. The van der Waals surface area contributed by atoms with Crippen molar-refractivity contribution in [2.75, 3.05) is 5.75 Å². The van der Waals surface area contributed by atoms with Crippen molar-refractivity contribution in [3.05, 3.63) is 5.82 Å². The zero-order chi connectivity index (χ0) is 17.2. The van der Waals surface area contributed by atoms with Crippen molar-refractivity contribution in [1.82, 2.24) is 25.4 Å². The molecule has 1 aliphatic rings. The molecule has 0 spiro atoms. The van der Waals surface area contributed by atoms with Crippen LogP contribution >= 0.6 is 11.8 Å². The number of hydrogen-bond donors (Lipinski definition) is 2. The van der Waals surface area contributed by atoms with Crippen molar-refractivity contribution < 1.29 is 9.59 Å². The van der Waals surface area contributed by atoms with Crippen LogP contribution < -0.4 is 10.6 Å². The van der Waals surface area contributed by atoms with Crippen LogP contribution in [0.3, 0.4) is 0 Å². The van der Waals surface area contributed by atoms with Gasteiger partial charge >= 0.3 is 6.03 Å². The number of aromatic nitrogens is 3. The summed E-state index contributed by atoms with van der Waals surface area (Å²) < 4.78 is 2.14. The molecule has 8 heteroatoms. The number of carbonyl (C=O) groups is 2. The van der Waals surface area contributed by atoms with Gasteiger partial charge in [0.1, 0.15) is 5.82 Å². The highest BCUT2D eigenvalue weighted by Gasteiger charge is 2.30. The van der Waals surface area contributed by atoms with E-state index >= 15 is 0 Å². The highest BCUT2D eigenvalue weighted by molar-refractivity contribution is 7.99. The molecule has 2 rings (SSSR count). The molecular weight excluding hydrogens is 314 g/mol. The van der Waals surface area contributed by atoms with Crippen LogP contribution in [0.5, 0.6) is 0 Å². The van der Waals surface area contributed by atoms with Gasteiger partial charge < -0.3 is 9.88 Å². The van der Waals surface area contributed by atoms with E-state index < -0.39 is 6.03 Å². The van der Waals surface area contributed by atoms with Gasteiger partial charge in [-0.2, -0.15) is 0 Å². The number of imide groups is 1. The number of rotatable bonds is 5. The van der Waals surface area contributed by atoms with Gasteiger partial charge in [-0.1, -0.05) is 25.6 Å². The Kier molecular flexibility index (Phi) is 5.33. The van der Waals surface area contributed by atoms with E-state index in [-0.39, 0.29) is 17.2 Å². The molecule has 0 atom stereocenters. The summed E-state index contributed by atoms with van der Waals surface area (Å²) in [6.45, 7) is 9.74. The molecule has 0 aliphatic heterocycles. The van der Waals surface area contributed by atoms with Crippen LogP contribution in [0.4, 0.5) is 4.79 Å². The Morgan fingerprint density at radius 3 is 2.48 bits per heavy atom. The Morgan fingerprint density at radius 1 is 1.30 bits per heavy atom. The van der Waals surface area contributed by atoms with E-state index in [1.54, 1.807) is 0 Å². The van der Waals surface area contributed by atoms with Crippen LogP contribution in [0.15, 0.2) is 5.16 Å². The first-order valence-electron chi connectivity index (χ1n) is 7.87. The highest BCUT2D eigenvalue weighted by atomic mass is 32.2. The van der Waals surface area contributed by atoms with Gasteiger partial charge in [-0.05, 0) is 33.6 Å². The summed E-state index contributed by atoms with van der Waals surface area (Å²) in [4.78, 5) is 23.6. The zero-order valence-corrected chi connectivity index (χ0v) is 15.2. The van der Waals surface area contributed by atoms with Crippen molar-refractivity contribution >= 4 is 23.7 Å². The van der Waals surface area contributed by atoms with Gasteiger partial charge in [0.25, 0.3) is 0 Å². The average molecular weight is 339 g/mol. The topological polar surface area (TPSA) is 88.9 Å². The quantitative estimate of drug-likeness (QED) is 0.804. The minimum Gasteiger partial charge on any atom is -0.333 e. The molecule has 1 aromatic heterocycles. The molecule has 1 heterocycles. The van der Waals surface area contributed by atoms with Crippen LogP contribution in [0.25, 0.3) is 0 Å².